The standard InChI is InChI=1S/C26H29.C13H10.Zr/c1-15(2)23-18(6)25(19-9-7-8-10-19)22-14-20-13-17(5)11-12-21(20)26(22)24(23)16(3)4;1-3-7-12(8-4-1)11-13-9-5-2-6-10-13;/h7-9,11-16H,10H2,1-6H3;1-10H;/q-1;;. The third kappa shape index (κ3) is 5.59. The van der Waals surface area contributed by atoms with Gasteiger partial charge in [-0.25, -0.2) is 0 Å². The van der Waals surface area contributed by atoms with Gasteiger partial charge in [-0.2, -0.15) is 0 Å². The van der Waals surface area contributed by atoms with Crippen molar-refractivity contribution in [1.29, 1.82) is 0 Å². The van der Waals surface area contributed by atoms with Crippen LogP contribution in [0.1, 0.15) is 84.9 Å². The van der Waals surface area contributed by atoms with Crippen LogP contribution in [0.2, 0.25) is 0 Å². The first-order valence-electron chi connectivity index (χ1n) is 14.5. The summed E-state index contributed by atoms with van der Waals surface area (Å²) in [5, 5.41) is 5.75. The van der Waals surface area contributed by atoms with Crippen LogP contribution in [-0.2, 0) is 24.2 Å². The molecule has 40 heavy (non-hydrogen) atoms. The van der Waals surface area contributed by atoms with Crippen molar-refractivity contribution in [3.05, 3.63) is 142 Å². The molecule has 5 aromatic carbocycles. The van der Waals surface area contributed by atoms with E-state index in [0.29, 0.717) is 11.8 Å². The predicted octanol–water partition coefficient (Wildman–Crippen LogP) is 10.7. The van der Waals surface area contributed by atoms with Gasteiger partial charge in [0.15, 0.2) is 0 Å². The molecular formula is C39H39Zr-. The molecule has 0 saturated heterocycles. The zero-order valence-corrected chi connectivity index (χ0v) is 27.1. The van der Waals surface area contributed by atoms with Gasteiger partial charge in [0, 0.05) is 0 Å². The van der Waals surface area contributed by atoms with E-state index in [9.17, 15) is 0 Å². The average molecular weight is 599 g/mol. The SMILES string of the molecule is Cc1ccc2c(c1)[cH-]c1c(C3=CC=CC3)c(C)c(C(C)C)c(C(C)C)c12.[Zr]=[C](c1ccccc1)c1ccccc1. The number of hydrogen-bond donors (Lipinski definition) is 0. The van der Waals surface area contributed by atoms with Crippen molar-refractivity contribution in [2.24, 2.45) is 0 Å². The van der Waals surface area contributed by atoms with Crippen LogP contribution in [0.5, 0.6) is 0 Å². The van der Waals surface area contributed by atoms with Crippen molar-refractivity contribution < 1.29 is 24.2 Å². The molecule has 0 aromatic heterocycles. The average Bonchev–Trinajstić information content (AvgIpc) is 3.61. The Morgan fingerprint density at radius 3 is 1.90 bits per heavy atom. The van der Waals surface area contributed by atoms with Crippen molar-refractivity contribution in [3.8, 4) is 0 Å². The van der Waals surface area contributed by atoms with Gasteiger partial charge in [0.2, 0.25) is 0 Å². The zero-order chi connectivity index (χ0) is 28.4. The molecule has 1 aliphatic carbocycles. The Kier molecular flexibility index (Phi) is 8.72. The van der Waals surface area contributed by atoms with Gasteiger partial charge in [0.05, 0.1) is 0 Å². The van der Waals surface area contributed by atoms with Crippen LogP contribution in [0.15, 0.2) is 103 Å². The molecule has 0 N–H and O–H groups in total. The molecule has 0 saturated carbocycles. The Balaban J connectivity index is 0.000000194. The van der Waals surface area contributed by atoms with Crippen LogP contribution in [0.4, 0.5) is 0 Å². The second-order valence-corrected chi connectivity index (χ2v) is 12.8. The van der Waals surface area contributed by atoms with Crippen LogP contribution in [0.3, 0.4) is 0 Å². The van der Waals surface area contributed by atoms with Crippen LogP contribution in [0.25, 0.3) is 27.1 Å². The fourth-order valence-corrected chi connectivity index (χ4v) is 7.15. The fourth-order valence-electron chi connectivity index (χ4n) is 6.33. The molecule has 200 valence electrons. The number of hydrogen-bond acceptors (Lipinski definition) is 0. The molecule has 0 bridgehead atoms. The number of allylic oxidation sites excluding steroid dienone is 4. The second-order valence-electron chi connectivity index (χ2n) is 11.6. The molecule has 1 aliphatic rings. The van der Waals surface area contributed by atoms with E-state index in [-0.39, 0.29) is 0 Å². The van der Waals surface area contributed by atoms with Gasteiger partial charge in [-0.1, -0.05) is 91.4 Å². The molecular weight excluding hydrogens is 560 g/mol. The van der Waals surface area contributed by atoms with E-state index in [4.69, 9.17) is 0 Å². The maximum absolute atomic E-state index is 2.44. The Morgan fingerprint density at radius 2 is 1.38 bits per heavy atom. The van der Waals surface area contributed by atoms with Crippen molar-refractivity contribution in [1.82, 2.24) is 0 Å². The molecule has 0 unspecified atom stereocenters. The van der Waals surface area contributed by atoms with Crippen LogP contribution < -0.4 is 0 Å². The summed E-state index contributed by atoms with van der Waals surface area (Å²) in [6, 6.07) is 30.5. The summed E-state index contributed by atoms with van der Waals surface area (Å²) in [4.78, 5) is 0. The Hall–Kier alpha value is -3.02. The predicted molar refractivity (Wildman–Crippen MR) is 173 cm³/mol. The summed E-state index contributed by atoms with van der Waals surface area (Å²) < 4.78 is 1.42. The monoisotopic (exact) mass is 597 g/mol. The van der Waals surface area contributed by atoms with E-state index >= 15 is 0 Å². The fraction of sp³-hybridized carbons (Fsp3) is 0.231. The quantitative estimate of drug-likeness (QED) is 0.177. The van der Waals surface area contributed by atoms with Crippen molar-refractivity contribution in [2.45, 2.75) is 59.8 Å². The first-order valence-corrected chi connectivity index (χ1v) is 15.7. The summed E-state index contributed by atoms with van der Waals surface area (Å²) in [6.45, 7) is 13.9. The summed E-state index contributed by atoms with van der Waals surface area (Å²) in [6.07, 6.45) is 7.84. The van der Waals surface area contributed by atoms with Crippen molar-refractivity contribution in [2.75, 3.05) is 0 Å². The van der Waals surface area contributed by atoms with Gasteiger partial charge in [-0.15, -0.1) is 33.7 Å². The molecule has 0 amide bonds. The number of benzene rings is 4. The van der Waals surface area contributed by atoms with E-state index in [1.165, 1.54) is 82.4 Å². The van der Waals surface area contributed by atoms with Crippen LogP contribution in [0, 0.1) is 13.8 Å². The van der Waals surface area contributed by atoms with Gasteiger partial charge in [0.25, 0.3) is 0 Å². The summed E-state index contributed by atoms with van der Waals surface area (Å²) in [5.41, 5.74) is 11.5. The topological polar surface area (TPSA) is 0 Å². The van der Waals surface area contributed by atoms with E-state index in [0.717, 1.165) is 6.42 Å². The molecule has 0 aliphatic heterocycles. The molecule has 0 nitrogen and oxygen atoms in total. The van der Waals surface area contributed by atoms with Gasteiger partial charge in [0.1, 0.15) is 0 Å². The van der Waals surface area contributed by atoms with Crippen LogP contribution in [-0.4, -0.2) is 3.21 Å². The molecule has 6 rings (SSSR count). The number of aryl methyl sites for hydroxylation is 1. The minimum atomic E-state index is 0.519. The van der Waals surface area contributed by atoms with Crippen molar-refractivity contribution >= 4 is 30.3 Å². The Labute approximate surface area is 255 Å². The molecule has 1 heteroatoms. The van der Waals surface area contributed by atoms with Gasteiger partial charge in [-0.3, -0.25) is 0 Å². The van der Waals surface area contributed by atoms with Crippen molar-refractivity contribution in [3.63, 3.8) is 0 Å². The molecule has 0 spiro atoms. The molecule has 0 atom stereocenters. The third-order valence-electron chi connectivity index (χ3n) is 8.03. The molecule has 5 aromatic rings. The molecule has 0 radical (unpaired) electrons. The van der Waals surface area contributed by atoms with E-state index in [2.05, 4.69) is 145 Å². The third-order valence-corrected chi connectivity index (χ3v) is 9.44. The summed E-state index contributed by atoms with van der Waals surface area (Å²) in [7, 11) is 0. The minimum absolute atomic E-state index is 0.519. The molecule has 0 fully saturated rings. The second kappa shape index (κ2) is 12.2. The first-order chi connectivity index (χ1) is 19.3. The summed E-state index contributed by atoms with van der Waals surface area (Å²) in [5.74, 6) is 1.05. The first kappa shape index (κ1) is 28.5. The number of fused-ring (bicyclic) bond motifs is 3. The van der Waals surface area contributed by atoms with E-state index in [1.807, 2.05) is 0 Å². The Bertz CT molecular complexity index is 1680. The van der Waals surface area contributed by atoms with Crippen LogP contribution >= 0.6 is 0 Å². The summed E-state index contributed by atoms with van der Waals surface area (Å²) >= 11 is 1.46. The Morgan fingerprint density at radius 1 is 0.775 bits per heavy atom. The van der Waals surface area contributed by atoms with E-state index < -0.39 is 0 Å². The zero-order valence-electron chi connectivity index (χ0n) is 24.7. The maximum atomic E-state index is 2.44. The molecule has 0 heterocycles. The number of rotatable bonds is 5. The van der Waals surface area contributed by atoms with Gasteiger partial charge in [-0.05, 0) is 32.1 Å². The van der Waals surface area contributed by atoms with Gasteiger partial charge >= 0.3 is 99.2 Å². The normalized spacial score (nSPS) is 12.7. The van der Waals surface area contributed by atoms with Gasteiger partial charge < -0.3 is 0 Å². The van der Waals surface area contributed by atoms with E-state index in [1.54, 1.807) is 11.1 Å².